The van der Waals surface area contributed by atoms with Gasteiger partial charge in [0.2, 0.25) is 5.91 Å². The van der Waals surface area contributed by atoms with Crippen molar-refractivity contribution in [1.82, 2.24) is 14.7 Å². The summed E-state index contributed by atoms with van der Waals surface area (Å²) in [6.07, 6.45) is 7.50. The molecule has 3 fully saturated rings. The molecule has 1 spiro atoms. The molecule has 0 saturated carbocycles. The van der Waals surface area contributed by atoms with Crippen molar-refractivity contribution < 1.29 is 14.0 Å². The Labute approximate surface area is 148 Å². The minimum absolute atomic E-state index is 0.0529. The lowest BCUT2D eigenvalue weighted by Crippen LogP contribution is -2.58. The Morgan fingerprint density at radius 2 is 1.96 bits per heavy atom. The van der Waals surface area contributed by atoms with Gasteiger partial charge in [-0.25, -0.2) is 0 Å². The smallest absolute Gasteiger partial charge is 0.289 e. The van der Waals surface area contributed by atoms with Gasteiger partial charge < -0.3 is 19.1 Å². The summed E-state index contributed by atoms with van der Waals surface area (Å²) in [6, 6.07) is 3.46. The van der Waals surface area contributed by atoms with Gasteiger partial charge in [-0.15, -0.1) is 0 Å². The molecule has 0 radical (unpaired) electrons. The van der Waals surface area contributed by atoms with E-state index in [4.69, 9.17) is 4.42 Å². The van der Waals surface area contributed by atoms with E-state index in [0.29, 0.717) is 18.7 Å². The molecule has 136 valence electrons. The Hall–Kier alpha value is -1.82. The van der Waals surface area contributed by atoms with Crippen molar-refractivity contribution in [2.45, 2.75) is 44.1 Å². The van der Waals surface area contributed by atoms with Crippen molar-refractivity contribution in [3.05, 3.63) is 24.2 Å². The summed E-state index contributed by atoms with van der Waals surface area (Å²) >= 11 is 0. The summed E-state index contributed by atoms with van der Waals surface area (Å²) in [6.45, 7) is 5.44. The fourth-order valence-corrected chi connectivity index (χ4v) is 4.75. The molecule has 1 atom stereocenters. The molecule has 0 aromatic carbocycles. The number of nitrogens with zero attached hydrogens (tertiary/aromatic N) is 3. The van der Waals surface area contributed by atoms with E-state index in [1.165, 1.54) is 19.1 Å². The van der Waals surface area contributed by atoms with Crippen LogP contribution in [-0.4, -0.2) is 71.3 Å². The lowest BCUT2D eigenvalue weighted by atomic mass is 9.86. The maximum atomic E-state index is 12.7. The van der Waals surface area contributed by atoms with E-state index in [1.807, 2.05) is 4.90 Å². The molecule has 1 unspecified atom stereocenters. The molecule has 0 N–H and O–H groups in total. The summed E-state index contributed by atoms with van der Waals surface area (Å²) in [5.74, 6) is 0.597. The quantitative estimate of drug-likeness (QED) is 0.837. The number of carbonyl (C=O) groups is 2. The molecule has 3 saturated heterocycles. The van der Waals surface area contributed by atoms with Crippen LogP contribution >= 0.6 is 0 Å². The first-order valence-electron chi connectivity index (χ1n) is 9.54. The normalized spacial score (nSPS) is 27.6. The minimum atomic E-state index is -0.169. The summed E-state index contributed by atoms with van der Waals surface area (Å²) in [5.41, 5.74) is -0.169. The molecule has 2 amide bonds. The third-order valence-electron chi connectivity index (χ3n) is 6.09. The highest BCUT2D eigenvalue weighted by Crippen LogP contribution is 2.38. The van der Waals surface area contributed by atoms with Crippen LogP contribution in [0.1, 0.15) is 49.1 Å². The second-order valence-corrected chi connectivity index (χ2v) is 7.63. The third-order valence-corrected chi connectivity index (χ3v) is 6.09. The van der Waals surface area contributed by atoms with Crippen molar-refractivity contribution in [2.24, 2.45) is 0 Å². The predicted molar refractivity (Wildman–Crippen MR) is 93.2 cm³/mol. The Morgan fingerprint density at radius 1 is 1.12 bits per heavy atom. The van der Waals surface area contributed by atoms with Crippen molar-refractivity contribution in [2.75, 3.05) is 39.3 Å². The molecule has 0 bridgehead atoms. The lowest BCUT2D eigenvalue weighted by molar-refractivity contribution is -0.132. The summed E-state index contributed by atoms with van der Waals surface area (Å²) in [7, 11) is 0. The van der Waals surface area contributed by atoms with Crippen molar-refractivity contribution in [1.29, 1.82) is 0 Å². The molecular weight excluding hydrogens is 318 g/mol. The van der Waals surface area contributed by atoms with E-state index in [0.717, 1.165) is 52.0 Å². The molecule has 4 rings (SSSR count). The molecule has 0 aliphatic carbocycles. The van der Waals surface area contributed by atoms with Gasteiger partial charge in [-0.3, -0.25) is 9.59 Å². The van der Waals surface area contributed by atoms with Crippen LogP contribution in [0.3, 0.4) is 0 Å². The van der Waals surface area contributed by atoms with Gasteiger partial charge >= 0.3 is 0 Å². The lowest BCUT2D eigenvalue weighted by Gasteiger charge is -2.46. The fraction of sp³-hybridized carbons (Fsp3) is 0.684. The van der Waals surface area contributed by atoms with E-state index in [2.05, 4.69) is 9.80 Å². The van der Waals surface area contributed by atoms with E-state index < -0.39 is 0 Å². The second-order valence-electron chi connectivity index (χ2n) is 7.63. The zero-order valence-corrected chi connectivity index (χ0v) is 14.8. The Bertz CT molecular complexity index is 624. The van der Waals surface area contributed by atoms with Crippen LogP contribution in [0.5, 0.6) is 0 Å². The largest absolute Gasteiger partial charge is 0.459 e. The maximum Gasteiger partial charge on any atom is 0.289 e. The highest BCUT2D eigenvalue weighted by atomic mass is 16.3. The number of amides is 2. The Balaban J connectivity index is 1.46. The molecule has 6 nitrogen and oxygen atoms in total. The van der Waals surface area contributed by atoms with Crippen LogP contribution in [0.25, 0.3) is 0 Å². The number of carbonyl (C=O) groups excluding carboxylic acids is 2. The van der Waals surface area contributed by atoms with E-state index in [1.54, 1.807) is 12.1 Å². The van der Waals surface area contributed by atoms with Crippen LogP contribution in [0.2, 0.25) is 0 Å². The summed E-state index contributed by atoms with van der Waals surface area (Å²) in [5, 5.41) is 0. The number of hydrogen-bond donors (Lipinski definition) is 0. The highest BCUT2D eigenvalue weighted by Gasteiger charge is 2.48. The molecule has 3 aliphatic heterocycles. The van der Waals surface area contributed by atoms with E-state index in [-0.39, 0.29) is 17.4 Å². The SMILES string of the molecule is O=C(c1ccco1)N1CCCC2(CCC(=O)N2CCN2CCCC2)C1. The molecule has 6 heteroatoms. The Kier molecular flexibility index (Phi) is 4.54. The first-order chi connectivity index (χ1) is 12.2. The number of piperidine rings is 1. The standard InChI is InChI=1S/C19H27N3O3/c23-17-6-8-19(22(17)13-12-20-9-1-2-10-20)7-4-11-21(15-19)18(24)16-5-3-14-25-16/h3,5,14H,1-2,4,6-13,15H2. The van der Waals surface area contributed by atoms with E-state index in [9.17, 15) is 9.59 Å². The maximum absolute atomic E-state index is 12.7. The number of rotatable bonds is 4. The van der Waals surface area contributed by atoms with Crippen LogP contribution in [0, 0.1) is 0 Å². The number of furan rings is 1. The van der Waals surface area contributed by atoms with Crippen molar-refractivity contribution in [3.8, 4) is 0 Å². The van der Waals surface area contributed by atoms with Crippen LogP contribution in [-0.2, 0) is 4.79 Å². The van der Waals surface area contributed by atoms with Gasteiger partial charge in [-0.1, -0.05) is 0 Å². The van der Waals surface area contributed by atoms with Gasteiger partial charge in [0, 0.05) is 32.6 Å². The van der Waals surface area contributed by atoms with Gasteiger partial charge in [-0.2, -0.15) is 0 Å². The van der Waals surface area contributed by atoms with Gasteiger partial charge in [0.05, 0.1) is 11.8 Å². The first kappa shape index (κ1) is 16.6. The Morgan fingerprint density at radius 3 is 2.72 bits per heavy atom. The van der Waals surface area contributed by atoms with Gasteiger partial charge in [0.15, 0.2) is 5.76 Å². The number of likely N-dealkylation sites (tertiary alicyclic amines) is 3. The molecular formula is C19H27N3O3. The molecule has 4 heterocycles. The van der Waals surface area contributed by atoms with Gasteiger partial charge in [0.25, 0.3) is 5.91 Å². The predicted octanol–water partition coefficient (Wildman–Crippen LogP) is 1.97. The zero-order valence-electron chi connectivity index (χ0n) is 14.8. The van der Waals surface area contributed by atoms with Crippen LogP contribution in [0.15, 0.2) is 22.8 Å². The fourth-order valence-electron chi connectivity index (χ4n) is 4.75. The van der Waals surface area contributed by atoms with Crippen molar-refractivity contribution in [3.63, 3.8) is 0 Å². The number of hydrogen-bond acceptors (Lipinski definition) is 4. The van der Waals surface area contributed by atoms with Gasteiger partial charge in [-0.05, 0) is 57.3 Å². The third kappa shape index (κ3) is 3.19. The summed E-state index contributed by atoms with van der Waals surface area (Å²) in [4.78, 5) is 31.6. The van der Waals surface area contributed by atoms with Gasteiger partial charge in [0.1, 0.15) is 0 Å². The topological polar surface area (TPSA) is 57.0 Å². The molecule has 1 aromatic rings. The van der Waals surface area contributed by atoms with Crippen molar-refractivity contribution >= 4 is 11.8 Å². The van der Waals surface area contributed by atoms with E-state index >= 15 is 0 Å². The molecule has 1 aromatic heterocycles. The summed E-state index contributed by atoms with van der Waals surface area (Å²) < 4.78 is 5.28. The second kappa shape index (κ2) is 6.83. The zero-order chi connectivity index (χ0) is 17.3. The average molecular weight is 345 g/mol. The van der Waals surface area contributed by atoms with Crippen LogP contribution in [0.4, 0.5) is 0 Å². The highest BCUT2D eigenvalue weighted by molar-refractivity contribution is 5.91. The minimum Gasteiger partial charge on any atom is -0.459 e. The molecule has 3 aliphatic rings. The molecule has 25 heavy (non-hydrogen) atoms. The first-order valence-corrected chi connectivity index (χ1v) is 9.54. The average Bonchev–Trinajstić information content (AvgIpc) is 3.37. The monoisotopic (exact) mass is 345 g/mol. The van der Waals surface area contributed by atoms with Crippen LogP contribution < -0.4 is 0 Å².